The van der Waals surface area contributed by atoms with Gasteiger partial charge in [0.25, 0.3) is 0 Å². The normalized spacial score (nSPS) is 10.0. The van der Waals surface area contributed by atoms with E-state index in [2.05, 4.69) is 24.0 Å². The Labute approximate surface area is 90.3 Å². The summed E-state index contributed by atoms with van der Waals surface area (Å²) >= 11 is 0. The van der Waals surface area contributed by atoms with E-state index < -0.39 is 5.97 Å². The molecule has 3 nitrogen and oxygen atoms in total. The molecule has 0 bridgehead atoms. The molecule has 0 heterocycles. The Balaban J connectivity index is 2.46. The standard InChI is InChI=1S/C12H17NO2/c1-10-5-3-6-11(9-10)13(2)8-4-7-12(14)15/h3,5-6,9H,4,7-8H2,1-2H3,(H,14,15). The lowest BCUT2D eigenvalue weighted by Crippen LogP contribution is -2.19. The summed E-state index contributed by atoms with van der Waals surface area (Å²) in [7, 11) is 1.98. The molecule has 82 valence electrons. The van der Waals surface area contributed by atoms with Crippen molar-refractivity contribution >= 4 is 11.7 Å². The average Bonchev–Trinajstić information content (AvgIpc) is 2.17. The van der Waals surface area contributed by atoms with E-state index in [1.165, 1.54) is 5.56 Å². The van der Waals surface area contributed by atoms with Crippen LogP contribution in [-0.4, -0.2) is 24.7 Å². The van der Waals surface area contributed by atoms with Crippen LogP contribution in [0, 0.1) is 6.92 Å². The number of carbonyl (C=O) groups is 1. The lowest BCUT2D eigenvalue weighted by molar-refractivity contribution is -0.137. The molecule has 3 heteroatoms. The first-order valence-electron chi connectivity index (χ1n) is 5.09. The Morgan fingerprint density at radius 1 is 1.47 bits per heavy atom. The molecule has 0 unspecified atom stereocenters. The number of carboxylic acid groups (broad SMARTS) is 1. The third-order valence-corrected chi connectivity index (χ3v) is 2.33. The van der Waals surface area contributed by atoms with Crippen molar-refractivity contribution in [1.82, 2.24) is 0 Å². The van der Waals surface area contributed by atoms with E-state index in [1.807, 2.05) is 19.2 Å². The van der Waals surface area contributed by atoms with Gasteiger partial charge in [-0.1, -0.05) is 12.1 Å². The molecule has 0 aliphatic rings. The van der Waals surface area contributed by atoms with Gasteiger partial charge in [0, 0.05) is 25.7 Å². The third-order valence-electron chi connectivity index (χ3n) is 2.33. The third kappa shape index (κ3) is 4.02. The first kappa shape index (κ1) is 11.6. The van der Waals surface area contributed by atoms with E-state index in [1.54, 1.807) is 0 Å². The zero-order chi connectivity index (χ0) is 11.3. The highest BCUT2D eigenvalue weighted by Crippen LogP contribution is 2.14. The number of carboxylic acids is 1. The fourth-order valence-electron chi connectivity index (χ4n) is 1.46. The highest BCUT2D eigenvalue weighted by Gasteiger charge is 2.02. The molecule has 0 atom stereocenters. The van der Waals surface area contributed by atoms with Gasteiger partial charge in [0.05, 0.1) is 0 Å². The van der Waals surface area contributed by atoms with E-state index in [0.717, 1.165) is 12.2 Å². The second-order valence-corrected chi connectivity index (χ2v) is 3.76. The topological polar surface area (TPSA) is 40.5 Å². The Bertz CT molecular complexity index is 336. The Kier molecular flexibility index (Phi) is 4.16. The van der Waals surface area contributed by atoms with Crippen LogP contribution in [0.5, 0.6) is 0 Å². The van der Waals surface area contributed by atoms with Gasteiger partial charge in [-0.05, 0) is 31.0 Å². The molecule has 0 spiro atoms. The molecule has 1 aromatic rings. The van der Waals surface area contributed by atoms with Gasteiger partial charge in [0.15, 0.2) is 0 Å². The Hall–Kier alpha value is -1.51. The molecule has 0 saturated heterocycles. The van der Waals surface area contributed by atoms with Crippen LogP contribution in [-0.2, 0) is 4.79 Å². The minimum Gasteiger partial charge on any atom is -0.481 e. The summed E-state index contributed by atoms with van der Waals surface area (Å²) in [5, 5.41) is 8.52. The smallest absolute Gasteiger partial charge is 0.303 e. The molecule has 1 aromatic carbocycles. The second-order valence-electron chi connectivity index (χ2n) is 3.76. The fourth-order valence-corrected chi connectivity index (χ4v) is 1.46. The summed E-state index contributed by atoms with van der Waals surface area (Å²) in [5.74, 6) is -0.729. The van der Waals surface area contributed by atoms with E-state index >= 15 is 0 Å². The van der Waals surface area contributed by atoms with Crippen molar-refractivity contribution in [2.75, 3.05) is 18.5 Å². The van der Waals surface area contributed by atoms with Crippen molar-refractivity contribution in [3.63, 3.8) is 0 Å². The average molecular weight is 207 g/mol. The van der Waals surface area contributed by atoms with E-state index in [-0.39, 0.29) is 6.42 Å². The van der Waals surface area contributed by atoms with Crippen molar-refractivity contribution in [2.24, 2.45) is 0 Å². The maximum absolute atomic E-state index is 10.4. The lowest BCUT2D eigenvalue weighted by Gasteiger charge is -2.19. The monoisotopic (exact) mass is 207 g/mol. The molecule has 0 amide bonds. The summed E-state index contributed by atoms with van der Waals surface area (Å²) in [4.78, 5) is 12.4. The van der Waals surface area contributed by atoms with Crippen molar-refractivity contribution in [1.29, 1.82) is 0 Å². The number of hydrogen-bond acceptors (Lipinski definition) is 2. The molecule has 1 rings (SSSR count). The SMILES string of the molecule is Cc1cccc(N(C)CCCC(=O)O)c1. The summed E-state index contributed by atoms with van der Waals surface area (Å²) in [5.41, 5.74) is 2.36. The van der Waals surface area contributed by atoms with Gasteiger partial charge in [0.1, 0.15) is 0 Å². The minimum atomic E-state index is -0.729. The molecule has 0 aliphatic carbocycles. The molecular weight excluding hydrogens is 190 g/mol. The van der Waals surface area contributed by atoms with E-state index in [9.17, 15) is 4.79 Å². The van der Waals surface area contributed by atoms with Crippen molar-refractivity contribution in [2.45, 2.75) is 19.8 Å². The van der Waals surface area contributed by atoms with Crippen LogP contribution in [0.2, 0.25) is 0 Å². The largest absolute Gasteiger partial charge is 0.481 e. The lowest BCUT2D eigenvalue weighted by atomic mass is 10.2. The van der Waals surface area contributed by atoms with Crippen LogP contribution < -0.4 is 4.90 Å². The molecule has 0 radical (unpaired) electrons. The summed E-state index contributed by atoms with van der Waals surface area (Å²) in [6, 6.07) is 8.20. The molecular formula is C12H17NO2. The van der Waals surface area contributed by atoms with Crippen LogP contribution in [0.3, 0.4) is 0 Å². The van der Waals surface area contributed by atoms with Crippen LogP contribution >= 0.6 is 0 Å². The number of aliphatic carboxylic acids is 1. The predicted octanol–water partition coefficient (Wildman–Crippen LogP) is 2.30. The maximum atomic E-state index is 10.4. The van der Waals surface area contributed by atoms with Crippen LogP contribution in [0.25, 0.3) is 0 Å². The summed E-state index contributed by atoms with van der Waals surface area (Å²) < 4.78 is 0. The Morgan fingerprint density at radius 3 is 2.80 bits per heavy atom. The molecule has 15 heavy (non-hydrogen) atoms. The van der Waals surface area contributed by atoms with Gasteiger partial charge in [-0.2, -0.15) is 0 Å². The molecule has 0 aliphatic heterocycles. The number of nitrogens with zero attached hydrogens (tertiary/aromatic N) is 1. The molecule has 1 N–H and O–H groups in total. The number of anilines is 1. The maximum Gasteiger partial charge on any atom is 0.303 e. The van der Waals surface area contributed by atoms with E-state index in [0.29, 0.717) is 6.42 Å². The number of aryl methyl sites for hydroxylation is 1. The summed E-state index contributed by atoms with van der Waals surface area (Å²) in [6.07, 6.45) is 0.913. The van der Waals surface area contributed by atoms with Gasteiger partial charge in [-0.3, -0.25) is 4.79 Å². The first-order valence-corrected chi connectivity index (χ1v) is 5.09. The van der Waals surface area contributed by atoms with E-state index in [4.69, 9.17) is 5.11 Å². The molecule has 0 aromatic heterocycles. The van der Waals surface area contributed by atoms with Gasteiger partial charge in [-0.25, -0.2) is 0 Å². The summed E-state index contributed by atoms with van der Waals surface area (Å²) in [6.45, 7) is 2.82. The molecule has 0 fully saturated rings. The minimum absolute atomic E-state index is 0.232. The van der Waals surface area contributed by atoms with Gasteiger partial charge in [-0.15, -0.1) is 0 Å². The Morgan fingerprint density at radius 2 is 2.20 bits per heavy atom. The quantitative estimate of drug-likeness (QED) is 0.805. The van der Waals surface area contributed by atoms with Gasteiger partial charge in [0.2, 0.25) is 0 Å². The predicted molar refractivity (Wildman–Crippen MR) is 61.3 cm³/mol. The van der Waals surface area contributed by atoms with Gasteiger partial charge < -0.3 is 10.0 Å². The number of hydrogen-bond donors (Lipinski definition) is 1. The highest BCUT2D eigenvalue weighted by molar-refractivity contribution is 5.66. The van der Waals surface area contributed by atoms with Crippen LogP contribution in [0.4, 0.5) is 5.69 Å². The van der Waals surface area contributed by atoms with Crippen molar-refractivity contribution < 1.29 is 9.90 Å². The molecule has 0 saturated carbocycles. The number of rotatable bonds is 5. The highest BCUT2D eigenvalue weighted by atomic mass is 16.4. The zero-order valence-electron chi connectivity index (χ0n) is 9.23. The fraction of sp³-hybridized carbons (Fsp3) is 0.417. The van der Waals surface area contributed by atoms with Crippen molar-refractivity contribution in [3.05, 3.63) is 29.8 Å². The second kappa shape index (κ2) is 5.39. The van der Waals surface area contributed by atoms with Gasteiger partial charge >= 0.3 is 5.97 Å². The van der Waals surface area contributed by atoms with Crippen molar-refractivity contribution in [3.8, 4) is 0 Å². The zero-order valence-corrected chi connectivity index (χ0v) is 9.23. The van der Waals surface area contributed by atoms with Crippen LogP contribution in [0.15, 0.2) is 24.3 Å². The number of benzene rings is 1. The first-order chi connectivity index (χ1) is 7.09. The van der Waals surface area contributed by atoms with Crippen LogP contribution in [0.1, 0.15) is 18.4 Å².